The van der Waals surface area contributed by atoms with E-state index < -0.39 is 0 Å². The van der Waals surface area contributed by atoms with Gasteiger partial charge in [-0.2, -0.15) is 25.5 Å². The van der Waals surface area contributed by atoms with Crippen LogP contribution >= 0.6 is 23.2 Å². The number of hydrogen-bond acceptors (Lipinski definition) is 20. The van der Waals surface area contributed by atoms with Crippen LogP contribution in [0.25, 0.3) is 123 Å². The topological polar surface area (TPSA) is 332 Å². The Hall–Kier alpha value is -17.1. The molecule has 0 amide bonds. The Morgan fingerprint density at radius 3 is 0.938 bits per heavy atom. The molecule has 1 aliphatic rings. The van der Waals surface area contributed by atoms with Gasteiger partial charge in [-0.1, -0.05) is 186 Å². The summed E-state index contributed by atoms with van der Waals surface area (Å²) in [6.07, 6.45) is 13.4. The molecule has 1 aliphatic carbocycles. The predicted molar refractivity (Wildman–Crippen MR) is 521 cm³/mol. The van der Waals surface area contributed by atoms with Gasteiger partial charge in [0.25, 0.3) is 0 Å². The van der Waals surface area contributed by atoms with Crippen LogP contribution < -0.4 is 26.6 Å². The highest BCUT2D eigenvalue weighted by molar-refractivity contribution is 6.42. The summed E-state index contributed by atoms with van der Waals surface area (Å²) in [5.41, 5.74) is 19.2. The lowest BCUT2D eigenvalue weighted by Crippen LogP contribution is -1.99. The molecule has 11 aromatic carbocycles. The highest BCUT2D eigenvalue weighted by atomic mass is 35.5. The quantitative estimate of drug-likeness (QED) is 0.0379. The zero-order chi connectivity index (χ0) is 89.0. The number of hydrogen-bond donors (Lipinski definition) is 10. The van der Waals surface area contributed by atoms with Gasteiger partial charge in [-0.25, -0.2) is 49.8 Å². The van der Waals surface area contributed by atoms with Crippen LogP contribution in [0.2, 0.25) is 10.0 Å². The van der Waals surface area contributed by atoms with Crippen molar-refractivity contribution >= 4 is 136 Å². The molecule has 10 heterocycles. The summed E-state index contributed by atoms with van der Waals surface area (Å²) in [5, 5.41) is 58.4. The fraction of sp³-hybridized carbons (Fsp3) is 0.0777. The average Bonchev–Trinajstić information content (AvgIpc) is 1.04. The molecule has 25 nitrogen and oxygen atoms in total. The molecule has 130 heavy (non-hydrogen) atoms. The van der Waals surface area contributed by atoms with Gasteiger partial charge in [0.15, 0.2) is 58.2 Å². The van der Waals surface area contributed by atoms with Gasteiger partial charge in [-0.15, -0.1) is 12.8 Å². The van der Waals surface area contributed by atoms with Crippen molar-refractivity contribution < 1.29 is 0 Å². The third-order valence-electron chi connectivity index (χ3n) is 21.0. The highest BCUT2D eigenvalue weighted by Gasteiger charge is 2.26. The fourth-order valence-electron chi connectivity index (χ4n) is 14.4. The van der Waals surface area contributed by atoms with Gasteiger partial charge < -0.3 is 26.6 Å². The smallest absolute Gasteiger partial charge is 0.162 e. The number of terminal acetylenes is 2. The minimum atomic E-state index is 0.474. The molecular weight excluding hydrogens is 1660 g/mol. The van der Waals surface area contributed by atoms with Crippen LogP contribution in [0, 0.1) is 59.3 Å². The molecule has 21 aromatic rings. The Morgan fingerprint density at radius 2 is 0.577 bits per heavy atom. The number of halogens is 2. The first-order valence-corrected chi connectivity index (χ1v) is 42.5. The second kappa shape index (κ2) is 38.1. The summed E-state index contributed by atoms with van der Waals surface area (Å²) in [6.45, 7) is 9.91. The standard InChI is InChI=1S/C24H19N5.C20H15Cl2N5.2C20H15N5.C19H17N5/c1-16-15-22(29-28-16)26-24-20-9-5-6-10-21(20)25-23(27-24)19-13-11-18(12-14-19)17-7-3-2-4-8-17;21-14-8-7-12(9-15(14)22)19-23-16-4-2-1-3-13(16)20(25-19)24-18-10-17(26-27-18)11-5-6-11;1-3-14-7-6-8-15(12-14)19-21-17-10-5-4-9-16(17)20(23-19)22-18-11-13(2)24-25-18;1-3-14-8-10-15(11-9-14)19-21-17-7-5-4-6-16(17)20(23-19)22-18-12-13(2)24-25-18;1-12-6-5-7-14(10-12)18-20-16-9-4-3-8-15(16)19(22-18)21-17-11-13(2)23-24-17/h2-15H,1H3,(H2,25,26,27,28,29);1-4,7-11H,5-6H2,(H2,23,24,25,26,27);2*1,4-12H,2H3,(H2,21,22,23,24,25);3-11H,1-2H3,(H2,20,21,22,23,24). The third-order valence-corrected chi connectivity index (χ3v) is 21.7. The minimum absolute atomic E-state index is 0.474. The molecule has 0 bridgehead atoms. The molecule has 22 rings (SSSR count). The van der Waals surface area contributed by atoms with Crippen LogP contribution in [0.5, 0.6) is 0 Å². The highest BCUT2D eigenvalue weighted by Crippen LogP contribution is 2.41. The molecule has 0 spiro atoms. The normalized spacial score (nSPS) is 11.4. The molecule has 10 N–H and O–H groups in total. The summed E-state index contributed by atoms with van der Waals surface area (Å²) in [4.78, 5) is 47.2. The van der Waals surface area contributed by atoms with Crippen molar-refractivity contribution in [3.8, 4) is 92.8 Å². The lowest BCUT2D eigenvalue weighted by atomic mass is 10.0. The van der Waals surface area contributed by atoms with Crippen LogP contribution in [0.3, 0.4) is 0 Å². The number of anilines is 10. The summed E-state index contributed by atoms with van der Waals surface area (Å²) < 4.78 is 0. The zero-order valence-corrected chi connectivity index (χ0v) is 72.4. The van der Waals surface area contributed by atoms with E-state index in [4.69, 9.17) is 70.9 Å². The lowest BCUT2D eigenvalue weighted by Gasteiger charge is -2.10. The van der Waals surface area contributed by atoms with Gasteiger partial charge in [0.05, 0.1) is 37.6 Å². The molecule has 0 unspecified atom stereocenters. The maximum absolute atomic E-state index is 6.17. The van der Waals surface area contributed by atoms with E-state index in [9.17, 15) is 0 Å². The number of rotatable bonds is 17. The Kier molecular flexibility index (Phi) is 24.6. The van der Waals surface area contributed by atoms with Crippen molar-refractivity contribution in [3.05, 3.63) is 352 Å². The number of aromatic nitrogens is 20. The first-order chi connectivity index (χ1) is 63.6. The van der Waals surface area contributed by atoms with Crippen molar-refractivity contribution in [2.45, 2.75) is 53.4 Å². The van der Waals surface area contributed by atoms with Gasteiger partial charge in [0.1, 0.15) is 29.1 Å². The van der Waals surface area contributed by atoms with E-state index in [0.717, 1.165) is 151 Å². The molecular formula is C103H81Cl2N25. The predicted octanol–water partition coefficient (Wildman–Crippen LogP) is 24.2. The van der Waals surface area contributed by atoms with Gasteiger partial charge in [0.2, 0.25) is 0 Å². The van der Waals surface area contributed by atoms with Gasteiger partial charge in [-0.05, 0) is 180 Å². The van der Waals surface area contributed by atoms with Crippen molar-refractivity contribution in [2.75, 3.05) is 26.6 Å². The number of nitrogens with one attached hydrogen (secondary N) is 10. The zero-order valence-electron chi connectivity index (χ0n) is 70.9. The summed E-state index contributed by atoms with van der Waals surface area (Å²) in [5.74, 6) is 16.4. The summed E-state index contributed by atoms with van der Waals surface area (Å²) in [7, 11) is 0. The van der Waals surface area contributed by atoms with Crippen molar-refractivity contribution in [3.63, 3.8) is 0 Å². The molecule has 27 heteroatoms. The van der Waals surface area contributed by atoms with Crippen molar-refractivity contribution in [1.82, 2.24) is 101 Å². The molecule has 0 atom stereocenters. The van der Waals surface area contributed by atoms with E-state index in [1.165, 1.54) is 35.2 Å². The number of nitrogens with zero attached hydrogens (tertiary/aromatic N) is 15. The van der Waals surface area contributed by atoms with E-state index in [-0.39, 0.29) is 0 Å². The molecule has 1 fully saturated rings. The van der Waals surface area contributed by atoms with Crippen LogP contribution in [0.4, 0.5) is 58.2 Å². The van der Waals surface area contributed by atoms with E-state index in [1.54, 1.807) is 12.1 Å². The minimum Gasteiger partial charge on any atom is -0.323 e. The number of fused-ring (bicyclic) bond motifs is 5. The molecule has 632 valence electrons. The molecule has 10 aromatic heterocycles. The SMILES string of the molecule is C#Cc1ccc(-c2nc(Nc3cc(C)[nH]n3)c3ccccc3n2)cc1.C#Cc1cccc(-c2nc(Nc3cc(C)[nH]n3)c3ccccc3n2)c1.Cc1cc(Nc2nc(-c3ccc(-c4ccccc4)cc3)nc3ccccc23)n[nH]1.Cc1cccc(-c2nc(Nc3cc(C)[nH]n3)c3ccccc3n2)c1.Clc1ccc(-c2nc(Nc3cc(C4CC4)[nH]n3)c3ccccc3n2)cc1Cl. The Bertz CT molecular complexity index is 7760. The third kappa shape index (κ3) is 20.0. The molecule has 1 saturated carbocycles. The van der Waals surface area contributed by atoms with E-state index >= 15 is 0 Å². The van der Waals surface area contributed by atoms with E-state index in [0.29, 0.717) is 68.4 Å². The average molecular weight is 1740 g/mol. The number of aromatic amines is 5. The molecule has 0 aliphatic heterocycles. The number of H-pyrrole nitrogens is 5. The second-order valence-electron chi connectivity index (χ2n) is 30.8. The summed E-state index contributed by atoms with van der Waals surface area (Å²) >= 11 is 12.2. The van der Waals surface area contributed by atoms with Crippen LogP contribution in [0.1, 0.15) is 63.9 Å². The van der Waals surface area contributed by atoms with Gasteiger partial charge >= 0.3 is 0 Å². The number of para-hydroxylation sites is 5. The maximum atomic E-state index is 6.17. The Labute approximate surface area is 757 Å². The first-order valence-electron chi connectivity index (χ1n) is 41.7. The Balaban J connectivity index is 0.000000110. The van der Waals surface area contributed by atoms with Crippen LogP contribution in [-0.4, -0.2) is 101 Å². The largest absolute Gasteiger partial charge is 0.323 e. The molecule has 0 radical (unpaired) electrons. The van der Waals surface area contributed by atoms with Crippen molar-refractivity contribution in [1.29, 1.82) is 0 Å². The lowest BCUT2D eigenvalue weighted by molar-refractivity contribution is 0.966. The maximum Gasteiger partial charge on any atom is 0.162 e. The monoisotopic (exact) mass is 1740 g/mol. The Morgan fingerprint density at radius 1 is 0.269 bits per heavy atom. The van der Waals surface area contributed by atoms with Crippen molar-refractivity contribution in [2.24, 2.45) is 0 Å². The number of benzene rings is 11. The number of aryl methyl sites for hydroxylation is 5. The van der Waals surface area contributed by atoms with Gasteiger partial charge in [-0.3, -0.25) is 25.5 Å². The van der Waals surface area contributed by atoms with Crippen LogP contribution in [-0.2, 0) is 0 Å². The van der Waals surface area contributed by atoms with Crippen LogP contribution in [0.15, 0.2) is 297 Å². The van der Waals surface area contributed by atoms with Gasteiger partial charge in [0, 0.05) is 131 Å². The van der Waals surface area contributed by atoms with E-state index in [2.05, 4.69) is 160 Å². The molecule has 0 saturated heterocycles. The second-order valence-corrected chi connectivity index (χ2v) is 31.6. The fourth-order valence-corrected chi connectivity index (χ4v) is 14.7. The summed E-state index contributed by atoms with van der Waals surface area (Å²) in [6, 6.07) is 97.0. The van der Waals surface area contributed by atoms with E-state index in [1.807, 2.05) is 264 Å². The first kappa shape index (κ1) is 83.8.